The maximum absolute atomic E-state index is 5.65. The summed E-state index contributed by atoms with van der Waals surface area (Å²) in [6.07, 6.45) is 3.83. The van der Waals surface area contributed by atoms with Crippen molar-refractivity contribution in [1.82, 2.24) is 4.98 Å². The van der Waals surface area contributed by atoms with Gasteiger partial charge < -0.3 is 4.74 Å². The number of rotatable bonds is 6. The molecule has 0 radical (unpaired) electrons. The Hall–Kier alpha value is -1.67. The molecule has 0 aliphatic rings. The summed E-state index contributed by atoms with van der Waals surface area (Å²) < 4.78 is 5.65. The van der Waals surface area contributed by atoms with Gasteiger partial charge >= 0.3 is 0 Å². The van der Waals surface area contributed by atoms with Crippen molar-refractivity contribution >= 4 is 0 Å². The summed E-state index contributed by atoms with van der Waals surface area (Å²) in [4.78, 5) is 4.29. The summed E-state index contributed by atoms with van der Waals surface area (Å²) in [6, 6.07) is 14.5. The number of pyridine rings is 1. The average Bonchev–Trinajstić information content (AvgIpc) is 2.42. The van der Waals surface area contributed by atoms with Gasteiger partial charge in [-0.25, -0.2) is 0 Å². The summed E-state index contributed by atoms with van der Waals surface area (Å²) in [5.41, 5.74) is 3.66. The van der Waals surface area contributed by atoms with Gasteiger partial charge in [-0.15, -0.1) is 0 Å². The van der Waals surface area contributed by atoms with Gasteiger partial charge in [0.05, 0.1) is 6.61 Å². The number of aromatic nitrogens is 1. The molecule has 2 rings (SSSR count). The molecule has 0 N–H and O–H groups in total. The van der Waals surface area contributed by atoms with Crippen LogP contribution >= 0.6 is 0 Å². The Bertz CT molecular complexity index is 450. The minimum Gasteiger partial charge on any atom is -0.377 e. The van der Waals surface area contributed by atoms with E-state index in [0.29, 0.717) is 6.61 Å². The largest absolute Gasteiger partial charge is 0.377 e. The molecule has 0 fully saturated rings. The Kier molecular flexibility index (Phi) is 4.91. The molecule has 0 spiro atoms. The van der Waals surface area contributed by atoms with E-state index in [0.717, 1.165) is 25.1 Å². The van der Waals surface area contributed by atoms with Gasteiger partial charge in [-0.05, 0) is 37.5 Å². The molecule has 0 atom stereocenters. The van der Waals surface area contributed by atoms with Crippen LogP contribution in [0.25, 0.3) is 0 Å². The van der Waals surface area contributed by atoms with Crippen molar-refractivity contribution in [2.24, 2.45) is 0 Å². The Morgan fingerprint density at radius 3 is 2.61 bits per heavy atom. The molecule has 1 heterocycles. The zero-order valence-electron chi connectivity index (χ0n) is 10.8. The maximum Gasteiger partial charge on any atom is 0.0716 e. The lowest BCUT2D eigenvalue weighted by molar-refractivity contribution is 0.118. The molecule has 0 saturated heterocycles. The van der Waals surface area contributed by atoms with Crippen LogP contribution in [0, 0.1) is 6.92 Å². The fourth-order valence-electron chi connectivity index (χ4n) is 1.78. The van der Waals surface area contributed by atoms with Crippen LogP contribution in [0.2, 0.25) is 0 Å². The summed E-state index contributed by atoms with van der Waals surface area (Å²) >= 11 is 0. The first-order valence-corrected chi connectivity index (χ1v) is 6.38. The summed E-state index contributed by atoms with van der Waals surface area (Å²) in [5.74, 6) is 0. The lowest BCUT2D eigenvalue weighted by Crippen LogP contribution is -1.98. The molecule has 1 aromatic heterocycles. The van der Waals surface area contributed by atoms with E-state index in [9.17, 15) is 0 Å². The standard InChI is InChI=1S/C16H19NO/c1-14-7-9-15(10-8-14)13-18-12-4-6-16-5-2-3-11-17-16/h2-3,5,7-11H,4,6,12-13H2,1H3. The van der Waals surface area contributed by atoms with Crippen LogP contribution in [-0.4, -0.2) is 11.6 Å². The Morgan fingerprint density at radius 1 is 1.06 bits per heavy atom. The minimum absolute atomic E-state index is 0.697. The molecular formula is C16H19NO. The molecule has 0 amide bonds. The number of benzene rings is 1. The normalized spacial score (nSPS) is 10.5. The first-order valence-electron chi connectivity index (χ1n) is 6.38. The topological polar surface area (TPSA) is 22.1 Å². The van der Waals surface area contributed by atoms with E-state index in [-0.39, 0.29) is 0 Å². The fraction of sp³-hybridized carbons (Fsp3) is 0.312. The van der Waals surface area contributed by atoms with Crippen LogP contribution in [0.1, 0.15) is 23.2 Å². The predicted octanol–water partition coefficient (Wildman–Crippen LogP) is 3.54. The second kappa shape index (κ2) is 6.92. The minimum atomic E-state index is 0.697. The van der Waals surface area contributed by atoms with Crippen LogP contribution in [0.5, 0.6) is 0 Å². The van der Waals surface area contributed by atoms with Crippen molar-refractivity contribution in [1.29, 1.82) is 0 Å². The van der Waals surface area contributed by atoms with Gasteiger partial charge in [0.2, 0.25) is 0 Å². The van der Waals surface area contributed by atoms with Crippen molar-refractivity contribution < 1.29 is 4.74 Å². The first-order chi connectivity index (χ1) is 8.84. The van der Waals surface area contributed by atoms with Gasteiger partial charge in [-0.3, -0.25) is 4.98 Å². The molecule has 0 aliphatic carbocycles. The van der Waals surface area contributed by atoms with E-state index in [2.05, 4.69) is 42.2 Å². The van der Waals surface area contributed by atoms with E-state index >= 15 is 0 Å². The molecule has 18 heavy (non-hydrogen) atoms. The zero-order valence-corrected chi connectivity index (χ0v) is 10.8. The van der Waals surface area contributed by atoms with Crippen LogP contribution in [0.3, 0.4) is 0 Å². The van der Waals surface area contributed by atoms with Crippen LogP contribution < -0.4 is 0 Å². The van der Waals surface area contributed by atoms with E-state index in [1.165, 1.54) is 11.1 Å². The van der Waals surface area contributed by atoms with Crippen molar-refractivity contribution in [3.8, 4) is 0 Å². The summed E-state index contributed by atoms with van der Waals surface area (Å²) in [5, 5.41) is 0. The smallest absolute Gasteiger partial charge is 0.0716 e. The fourth-order valence-corrected chi connectivity index (χ4v) is 1.78. The number of hydrogen-bond donors (Lipinski definition) is 0. The first kappa shape index (κ1) is 12.8. The van der Waals surface area contributed by atoms with Crippen LogP contribution in [0.15, 0.2) is 48.7 Å². The number of aryl methyl sites for hydroxylation is 2. The van der Waals surface area contributed by atoms with E-state index in [1.807, 2.05) is 18.3 Å². The lowest BCUT2D eigenvalue weighted by atomic mass is 10.2. The third kappa shape index (κ3) is 4.30. The van der Waals surface area contributed by atoms with E-state index in [4.69, 9.17) is 4.74 Å². The summed E-state index contributed by atoms with van der Waals surface area (Å²) in [6.45, 7) is 3.57. The van der Waals surface area contributed by atoms with Gasteiger partial charge in [-0.2, -0.15) is 0 Å². The molecule has 2 aromatic rings. The number of hydrogen-bond acceptors (Lipinski definition) is 2. The van der Waals surface area contributed by atoms with Crippen molar-refractivity contribution in [3.63, 3.8) is 0 Å². The second-order valence-electron chi connectivity index (χ2n) is 4.46. The molecule has 0 bridgehead atoms. The molecular weight excluding hydrogens is 222 g/mol. The van der Waals surface area contributed by atoms with E-state index < -0.39 is 0 Å². The zero-order chi connectivity index (χ0) is 12.6. The highest BCUT2D eigenvalue weighted by Gasteiger charge is 1.95. The molecule has 2 heteroatoms. The van der Waals surface area contributed by atoms with Gasteiger partial charge in [0.1, 0.15) is 0 Å². The maximum atomic E-state index is 5.65. The number of nitrogens with zero attached hydrogens (tertiary/aromatic N) is 1. The molecule has 1 aromatic carbocycles. The van der Waals surface area contributed by atoms with E-state index in [1.54, 1.807) is 0 Å². The van der Waals surface area contributed by atoms with Crippen molar-refractivity contribution in [2.75, 3.05) is 6.61 Å². The Morgan fingerprint density at radius 2 is 1.89 bits per heavy atom. The van der Waals surface area contributed by atoms with Gasteiger partial charge in [0, 0.05) is 18.5 Å². The van der Waals surface area contributed by atoms with Crippen molar-refractivity contribution in [2.45, 2.75) is 26.4 Å². The van der Waals surface area contributed by atoms with Gasteiger partial charge in [0.15, 0.2) is 0 Å². The highest BCUT2D eigenvalue weighted by molar-refractivity contribution is 5.20. The SMILES string of the molecule is Cc1ccc(COCCCc2ccccn2)cc1. The highest BCUT2D eigenvalue weighted by atomic mass is 16.5. The molecule has 0 unspecified atom stereocenters. The lowest BCUT2D eigenvalue weighted by Gasteiger charge is -2.04. The average molecular weight is 241 g/mol. The summed E-state index contributed by atoms with van der Waals surface area (Å²) in [7, 11) is 0. The van der Waals surface area contributed by atoms with Crippen molar-refractivity contribution in [3.05, 3.63) is 65.5 Å². The monoisotopic (exact) mass is 241 g/mol. The Balaban J connectivity index is 1.63. The Labute approximate surface area is 109 Å². The molecule has 94 valence electrons. The molecule has 2 nitrogen and oxygen atoms in total. The predicted molar refractivity (Wildman–Crippen MR) is 73.4 cm³/mol. The molecule has 0 aliphatic heterocycles. The van der Waals surface area contributed by atoms with Crippen LogP contribution in [0.4, 0.5) is 0 Å². The van der Waals surface area contributed by atoms with Gasteiger partial charge in [-0.1, -0.05) is 35.9 Å². The molecule has 0 saturated carbocycles. The number of ether oxygens (including phenoxy) is 1. The third-order valence-electron chi connectivity index (χ3n) is 2.84. The third-order valence-corrected chi connectivity index (χ3v) is 2.84. The quantitative estimate of drug-likeness (QED) is 0.722. The van der Waals surface area contributed by atoms with Gasteiger partial charge in [0.25, 0.3) is 0 Å². The second-order valence-corrected chi connectivity index (χ2v) is 4.46. The van der Waals surface area contributed by atoms with Crippen LogP contribution in [-0.2, 0) is 17.8 Å². The highest BCUT2D eigenvalue weighted by Crippen LogP contribution is 2.05.